The molecule has 0 spiro atoms. The van der Waals surface area contributed by atoms with Crippen molar-refractivity contribution in [3.8, 4) is 5.75 Å². The Morgan fingerprint density at radius 2 is 2.18 bits per heavy atom. The third kappa shape index (κ3) is 4.45. The number of hydrogen-bond donors (Lipinski definition) is 1. The first-order valence-electron chi connectivity index (χ1n) is 7.62. The van der Waals surface area contributed by atoms with Gasteiger partial charge in [-0.2, -0.15) is 0 Å². The van der Waals surface area contributed by atoms with E-state index < -0.39 is 10.0 Å². The molecule has 2 rings (SSSR count). The number of nitrogens with one attached hydrogen (secondary N) is 1. The van der Waals surface area contributed by atoms with E-state index in [1.807, 2.05) is 42.8 Å². The van der Waals surface area contributed by atoms with Crippen LogP contribution in [0.25, 0.3) is 5.65 Å². The number of sulfonamides is 1. The van der Waals surface area contributed by atoms with Gasteiger partial charge in [-0.15, -0.1) is 0 Å². The number of pyridine rings is 1. The summed E-state index contributed by atoms with van der Waals surface area (Å²) in [5.74, 6) is 0.920. The number of unbranched alkanes of at least 4 members (excludes halogenated alkanes) is 1. The van der Waals surface area contributed by atoms with Gasteiger partial charge in [-0.1, -0.05) is 13.3 Å². The maximum absolute atomic E-state index is 11.7. The molecule has 2 heterocycles. The van der Waals surface area contributed by atoms with E-state index >= 15 is 0 Å². The molecule has 0 unspecified atom stereocenters. The van der Waals surface area contributed by atoms with Gasteiger partial charge in [-0.25, -0.2) is 18.1 Å². The summed E-state index contributed by atoms with van der Waals surface area (Å²) in [6.45, 7) is 4.85. The molecule has 1 N–H and O–H groups in total. The van der Waals surface area contributed by atoms with Crippen molar-refractivity contribution in [1.29, 1.82) is 0 Å². The maximum Gasteiger partial charge on any atom is 0.211 e. The maximum atomic E-state index is 11.7. The molecule has 22 heavy (non-hydrogen) atoms. The van der Waals surface area contributed by atoms with E-state index in [9.17, 15) is 8.42 Å². The molecular weight excluding hydrogens is 302 g/mol. The lowest BCUT2D eigenvalue weighted by Gasteiger charge is -2.04. The molecule has 0 atom stereocenters. The van der Waals surface area contributed by atoms with Crippen LogP contribution in [0.2, 0.25) is 0 Å². The summed E-state index contributed by atoms with van der Waals surface area (Å²) in [5.41, 5.74) is 1.60. The number of nitrogens with zero attached hydrogens (tertiary/aromatic N) is 2. The van der Waals surface area contributed by atoms with Crippen LogP contribution < -0.4 is 9.46 Å². The van der Waals surface area contributed by atoms with E-state index in [0.717, 1.165) is 23.5 Å². The Balaban J connectivity index is 1.99. The van der Waals surface area contributed by atoms with Crippen LogP contribution in [0, 0.1) is 0 Å². The van der Waals surface area contributed by atoms with Gasteiger partial charge >= 0.3 is 0 Å². The van der Waals surface area contributed by atoms with Gasteiger partial charge in [-0.05, 0) is 25.5 Å². The lowest BCUT2D eigenvalue weighted by atomic mass is 10.3. The summed E-state index contributed by atoms with van der Waals surface area (Å²) in [6.07, 6.45) is 5.91. The Morgan fingerprint density at radius 3 is 2.91 bits per heavy atom. The van der Waals surface area contributed by atoms with Crippen molar-refractivity contribution in [2.75, 3.05) is 18.9 Å². The predicted octanol–water partition coefficient (Wildman–Crippen LogP) is 1.99. The summed E-state index contributed by atoms with van der Waals surface area (Å²) in [6, 6.07) is 3.78. The van der Waals surface area contributed by atoms with Crippen LogP contribution in [0.1, 0.15) is 32.4 Å². The molecule has 2 aromatic rings. The van der Waals surface area contributed by atoms with Gasteiger partial charge in [0.25, 0.3) is 0 Å². The monoisotopic (exact) mass is 325 g/mol. The summed E-state index contributed by atoms with van der Waals surface area (Å²) < 4.78 is 33.5. The van der Waals surface area contributed by atoms with Crippen LogP contribution >= 0.6 is 0 Å². The minimum absolute atomic E-state index is 0.184. The van der Waals surface area contributed by atoms with E-state index in [1.54, 1.807) is 0 Å². The topological polar surface area (TPSA) is 72.7 Å². The zero-order valence-electron chi connectivity index (χ0n) is 13.1. The second-order valence-electron chi connectivity index (χ2n) is 5.09. The molecule has 2 aromatic heterocycles. The number of imidazole rings is 1. The Bertz CT molecular complexity index is 710. The van der Waals surface area contributed by atoms with Crippen molar-refractivity contribution in [3.05, 3.63) is 30.2 Å². The summed E-state index contributed by atoms with van der Waals surface area (Å²) in [4.78, 5) is 4.52. The number of aromatic nitrogens is 2. The molecule has 7 heteroatoms. The van der Waals surface area contributed by atoms with Gasteiger partial charge in [0.15, 0.2) is 11.4 Å². The normalized spacial score (nSPS) is 11.9. The Hall–Kier alpha value is -1.60. The van der Waals surface area contributed by atoms with E-state index in [-0.39, 0.29) is 5.75 Å². The molecule has 0 saturated carbocycles. The van der Waals surface area contributed by atoms with Gasteiger partial charge in [-0.3, -0.25) is 0 Å². The van der Waals surface area contributed by atoms with Crippen molar-refractivity contribution in [2.24, 2.45) is 0 Å². The average molecular weight is 325 g/mol. The zero-order valence-corrected chi connectivity index (χ0v) is 13.9. The molecule has 0 radical (unpaired) electrons. The van der Waals surface area contributed by atoms with Crippen LogP contribution in [0.3, 0.4) is 0 Å². The third-order valence-corrected chi connectivity index (χ3v) is 4.74. The highest BCUT2D eigenvalue weighted by Gasteiger charge is 2.10. The van der Waals surface area contributed by atoms with Gasteiger partial charge in [0.2, 0.25) is 10.0 Å². The molecule has 0 aliphatic rings. The second-order valence-corrected chi connectivity index (χ2v) is 7.01. The van der Waals surface area contributed by atoms with E-state index in [0.29, 0.717) is 26.0 Å². The van der Waals surface area contributed by atoms with Crippen LogP contribution in [-0.4, -0.2) is 36.7 Å². The van der Waals surface area contributed by atoms with E-state index in [2.05, 4.69) is 9.71 Å². The first-order chi connectivity index (χ1) is 10.6. The molecule has 122 valence electrons. The minimum atomic E-state index is -3.17. The molecule has 0 bridgehead atoms. The van der Waals surface area contributed by atoms with E-state index in [4.69, 9.17) is 4.74 Å². The standard InChI is InChI=1S/C15H23N3O3S/c1-3-5-11-22(19,20)16-9-8-13-12-18-10-6-7-14(21-4-2)15(18)17-13/h6-7,10,12,16H,3-5,8-9,11H2,1-2H3. The summed E-state index contributed by atoms with van der Waals surface area (Å²) >= 11 is 0. The Morgan fingerprint density at radius 1 is 1.36 bits per heavy atom. The number of ether oxygens (including phenoxy) is 1. The second kappa shape index (κ2) is 7.60. The summed E-state index contributed by atoms with van der Waals surface area (Å²) in [7, 11) is -3.17. The van der Waals surface area contributed by atoms with Crippen LogP contribution in [0.15, 0.2) is 24.5 Å². The van der Waals surface area contributed by atoms with Crippen molar-refractivity contribution >= 4 is 15.7 Å². The third-order valence-electron chi connectivity index (χ3n) is 3.27. The average Bonchev–Trinajstić information content (AvgIpc) is 2.89. The number of hydrogen-bond acceptors (Lipinski definition) is 4. The molecule has 0 aromatic carbocycles. The fourth-order valence-corrected chi connectivity index (χ4v) is 3.39. The highest BCUT2D eigenvalue weighted by molar-refractivity contribution is 7.89. The smallest absolute Gasteiger partial charge is 0.211 e. The lowest BCUT2D eigenvalue weighted by molar-refractivity contribution is 0.342. The van der Waals surface area contributed by atoms with Crippen molar-refractivity contribution < 1.29 is 13.2 Å². The zero-order chi connectivity index (χ0) is 16.0. The van der Waals surface area contributed by atoms with Crippen LogP contribution in [0.5, 0.6) is 5.75 Å². The van der Waals surface area contributed by atoms with Crippen molar-refractivity contribution in [3.63, 3.8) is 0 Å². The highest BCUT2D eigenvalue weighted by Crippen LogP contribution is 2.19. The predicted molar refractivity (Wildman–Crippen MR) is 86.8 cm³/mol. The first-order valence-corrected chi connectivity index (χ1v) is 9.27. The fourth-order valence-electron chi connectivity index (χ4n) is 2.17. The fraction of sp³-hybridized carbons (Fsp3) is 0.533. The molecule has 6 nitrogen and oxygen atoms in total. The van der Waals surface area contributed by atoms with Gasteiger partial charge in [0.1, 0.15) is 0 Å². The van der Waals surface area contributed by atoms with Crippen LogP contribution in [0.4, 0.5) is 0 Å². The summed E-state index contributed by atoms with van der Waals surface area (Å²) in [5, 5.41) is 0. The number of fused-ring (bicyclic) bond motifs is 1. The molecule has 0 fully saturated rings. The molecule has 0 amide bonds. The Labute approximate surface area is 131 Å². The largest absolute Gasteiger partial charge is 0.490 e. The molecule has 0 aliphatic carbocycles. The van der Waals surface area contributed by atoms with Gasteiger partial charge in [0.05, 0.1) is 18.1 Å². The van der Waals surface area contributed by atoms with Crippen molar-refractivity contribution in [1.82, 2.24) is 14.1 Å². The lowest BCUT2D eigenvalue weighted by Crippen LogP contribution is -2.28. The highest BCUT2D eigenvalue weighted by atomic mass is 32.2. The van der Waals surface area contributed by atoms with E-state index in [1.165, 1.54) is 0 Å². The minimum Gasteiger partial charge on any atom is -0.490 e. The first kappa shape index (κ1) is 16.8. The SMILES string of the molecule is CCCCS(=O)(=O)NCCc1cn2cccc(OCC)c2n1. The molecule has 0 aliphatic heterocycles. The van der Waals surface area contributed by atoms with Crippen LogP contribution in [-0.2, 0) is 16.4 Å². The number of rotatable bonds is 9. The molecular formula is C15H23N3O3S. The van der Waals surface area contributed by atoms with Gasteiger partial charge in [0, 0.05) is 25.4 Å². The molecule has 0 saturated heterocycles. The quantitative estimate of drug-likeness (QED) is 0.765. The van der Waals surface area contributed by atoms with Crippen molar-refractivity contribution in [2.45, 2.75) is 33.1 Å². The Kier molecular flexibility index (Phi) is 5.79. The van der Waals surface area contributed by atoms with Gasteiger partial charge < -0.3 is 9.14 Å².